The number of carbonyl (C=O) groups excluding carboxylic acids is 2. The molecule has 0 bridgehead atoms. The van der Waals surface area contributed by atoms with Gasteiger partial charge in [0, 0.05) is 0 Å². The van der Waals surface area contributed by atoms with E-state index in [0.717, 1.165) is 12.2 Å². The molecular weight excluding hydrogens is 230 g/mol. The van der Waals surface area contributed by atoms with E-state index in [-0.39, 0.29) is 108 Å². The van der Waals surface area contributed by atoms with Crippen LogP contribution in [0.2, 0.25) is 0 Å². The van der Waals surface area contributed by atoms with Crippen LogP contribution >= 0.6 is 0 Å². The summed E-state index contributed by atoms with van der Waals surface area (Å²) in [4.78, 5) is 18.3. The number of carboxylic acid groups (broad SMARTS) is 2. The maximum Gasteiger partial charge on any atom is 1.00 e. The van der Waals surface area contributed by atoms with Gasteiger partial charge in [0.1, 0.15) is 0 Å². The summed E-state index contributed by atoms with van der Waals surface area (Å²) in [5.74, 6) is -2.46. The van der Waals surface area contributed by atoms with Crippen LogP contribution in [-0.2, 0) is 9.59 Å². The summed E-state index contributed by atoms with van der Waals surface area (Å²) in [6.07, 6.45) is 1.44. The van der Waals surface area contributed by atoms with Gasteiger partial charge in [0.15, 0.2) is 0 Å². The Morgan fingerprint density at radius 1 is 0.923 bits per heavy atom. The summed E-state index contributed by atoms with van der Waals surface area (Å²) >= 11 is 0. The topological polar surface area (TPSA) is 112 Å². The Balaban J connectivity index is -0.0000000267. The number of rotatable bonds is 2. The largest absolute Gasteiger partial charge is 1.00 e. The quantitative estimate of drug-likeness (QED) is 0.351. The molecule has 0 aliphatic heterocycles. The van der Waals surface area contributed by atoms with E-state index in [0.29, 0.717) is 0 Å². The number of hydrogen-bond donors (Lipinski definition) is 0. The monoisotopic (exact) mass is 238 g/mol. The van der Waals surface area contributed by atoms with Gasteiger partial charge < -0.3 is 25.3 Å². The van der Waals surface area contributed by atoms with Gasteiger partial charge in [0.25, 0.3) is 0 Å². The zero-order valence-electron chi connectivity index (χ0n) is 7.70. The van der Waals surface area contributed by atoms with E-state index >= 15 is 0 Å². The third-order valence-electron chi connectivity index (χ3n) is 0.333. The normalized spacial score (nSPS) is 4.92. The third kappa shape index (κ3) is 58.0. The molecule has 5 nitrogen and oxygen atoms in total. The molecule has 0 saturated heterocycles. The molecule has 0 fully saturated rings. The van der Waals surface area contributed by atoms with E-state index in [4.69, 9.17) is 19.8 Å². The second-order valence-electron chi connectivity index (χ2n) is 1.05. The van der Waals surface area contributed by atoms with Crippen LogP contribution in [0.15, 0.2) is 25.3 Å². The van der Waals surface area contributed by atoms with Crippen LogP contribution < -0.4 is 113 Å². The van der Waals surface area contributed by atoms with Crippen molar-refractivity contribution in [2.24, 2.45) is 0 Å². The van der Waals surface area contributed by atoms with E-state index < -0.39 is 11.9 Å². The summed E-state index contributed by atoms with van der Waals surface area (Å²) in [7, 11) is 0. The first kappa shape index (κ1) is 29.3. The predicted octanol–water partition coefficient (Wildman–Crippen LogP) is -8.97. The van der Waals surface area contributed by atoms with E-state index in [1.165, 1.54) is 0 Å². The number of carbonyl (C=O) groups is 2. The molecular formula is C6H8K2O5. The summed E-state index contributed by atoms with van der Waals surface area (Å²) in [6.45, 7) is 5.80. The van der Waals surface area contributed by atoms with E-state index in [2.05, 4.69) is 13.2 Å². The predicted molar refractivity (Wildman–Crippen MR) is 34.0 cm³/mol. The second kappa shape index (κ2) is 23.5. The Hall–Kier alpha value is 1.65. The molecule has 0 unspecified atom stereocenters. The molecule has 0 radical (unpaired) electrons. The average molecular weight is 238 g/mol. The van der Waals surface area contributed by atoms with Crippen LogP contribution in [0.4, 0.5) is 0 Å². The van der Waals surface area contributed by atoms with Crippen molar-refractivity contribution in [2.45, 2.75) is 0 Å². The molecule has 0 heterocycles. The number of carboxylic acids is 2. The molecule has 2 N–H and O–H groups in total. The Bertz CT molecular complexity index is 139. The van der Waals surface area contributed by atoms with Crippen LogP contribution in [-0.4, -0.2) is 17.4 Å². The van der Waals surface area contributed by atoms with Gasteiger partial charge in [-0.05, 0) is 12.2 Å². The van der Waals surface area contributed by atoms with Crippen molar-refractivity contribution in [1.29, 1.82) is 0 Å². The minimum absolute atomic E-state index is 0. The zero-order chi connectivity index (χ0) is 8.57. The molecule has 0 rings (SSSR count). The fourth-order valence-electron chi connectivity index (χ4n) is 0. The van der Waals surface area contributed by atoms with Crippen molar-refractivity contribution in [3.05, 3.63) is 25.3 Å². The van der Waals surface area contributed by atoms with Crippen LogP contribution in [0.25, 0.3) is 0 Å². The standard InChI is InChI=1S/2C3H4O2.2K.H2O/c2*1-2-3(4)5;;;/h2*2H,1H2,(H,4,5);;;1H2/q;;2*+1;/p-2. The van der Waals surface area contributed by atoms with Gasteiger partial charge in [-0.2, -0.15) is 0 Å². The van der Waals surface area contributed by atoms with Gasteiger partial charge in [0.05, 0.1) is 11.9 Å². The van der Waals surface area contributed by atoms with Gasteiger partial charge in [-0.1, -0.05) is 13.2 Å². The minimum atomic E-state index is -1.23. The first-order chi connectivity index (χ1) is 4.54. The van der Waals surface area contributed by atoms with Gasteiger partial charge in [0.2, 0.25) is 0 Å². The summed E-state index contributed by atoms with van der Waals surface area (Å²) in [5, 5.41) is 18.3. The second-order valence-corrected chi connectivity index (χ2v) is 1.05. The van der Waals surface area contributed by atoms with Gasteiger partial charge in [-0.25, -0.2) is 0 Å². The maximum absolute atomic E-state index is 9.14. The Labute approximate surface area is 161 Å². The third-order valence-corrected chi connectivity index (χ3v) is 0.333. The Morgan fingerprint density at radius 3 is 1.00 bits per heavy atom. The van der Waals surface area contributed by atoms with Gasteiger partial charge in [-0.15, -0.1) is 0 Å². The van der Waals surface area contributed by atoms with Crippen molar-refractivity contribution in [2.75, 3.05) is 0 Å². The molecule has 0 aromatic carbocycles. The maximum atomic E-state index is 9.14. The minimum Gasteiger partial charge on any atom is -0.545 e. The molecule has 0 saturated carbocycles. The van der Waals surface area contributed by atoms with Gasteiger partial charge in [-0.3, -0.25) is 0 Å². The van der Waals surface area contributed by atoms with Crippen LogP contribution in [0, 0.1) is 0 Å². The van der Waals surface area contributed by atoms with Crippen molar-refractivity contribution < 1.29 is 128 Å². The SMILES string of the molecule is C=CC(=O)[O-].C=CC(=O)[O-].O.[K+].[K+]. The smallest absolute Gasteiger partial charge is 0.545 e. The summed E-state index contributed by atoms with van der Waals surface area (Å²) < 4.78 is 0. The Morgan fingerprint density at radius 2 is 1.00 bits per heavy atom. The van der Waals surface area contributed by atoms with Crippen molar-refractivity contribution in [1.82, 2.24) is 0 Å². The molecule has 0 aromatic heterocycles. The summed E-state index contributed by atoms with van der Waals surface area (Å²) in [5.41, 5.74) is 0. The van der Waals surface area contributed by atoms with Gasteiger partial charge >= 0.3 is 103 Å². The fourth-order valence-corrected chi connectivity index (χ4v) is 0. The zero-order valence-corrected chi connectivity index (χ0v) is 13.9. The Kier molecular flexibility index (Phi) is 52.9. The van der Waals surface area contributed by atoms with E-state index in [1.54, 1.807) is 0 Å². The molecule has 13 heavy (non-hydrogen) atoms. The van der Waals surface area contributed by atoms with E-state index in [1.807, 2.05) is 0 Å². The molecule has 64 valence electrons. The molecule has 0 amide bonds. The van der Waals surface area contributed by atoms with Crippen molar-refractivity contribution in [3.8, 4) is 0 Å². The van der Waals surface area contributed by atoms with Crippen molar-refractivity contribution >= 4 is 11.9 Å². The first-order valence-electron chi connectivity index (χ1n) is 2.21. The first-order valence-corrected chi connectivity index (χ1v) is 2.21. The molecule has 0 spiro atoms. The molecule has 0 atom stereocenters. The fraction of sp³-hybridized carbons (Fsp3) is 0. The van der Waals surface area contributed by atoms with Crippen LogP contribution in [0.1, 0.15) is 0 Å². The molecule has 0 aliphatic carbocycles. The molecule has 0 aromatic rings. The van der Waals surface area contributed by atoms with E-state index in [9.17, 15) is 0 Å². The number of aliphatic carboxylic acids is 2. The molecule has 7 heteroatoms. The molecule has 0 aliphatic rings. The average Bonchev–Trinajstić information content (AvgIpc) is 1.89. The summed E-state index contributed by atoms with van der Waals surface area (Å²) in [6, 6.07) is 0. The number of hydrogen-bond acceptors (Lipinski definition) is 4. The van der Waals surface area contributed by atoms with Crippen LogP contribution in [0.5, 0.6) is 0 Å². The van der Waals surface area contributed by atoms with Crippen LogP contribution in [0.3, 0.4) is 0 Å². The van der Waals surface area contributed by atoms with Crippen molar-refractivity contribution in [3.63, 3.8) is 0 Å².